The van der Waals surface area contributed by atoms with Crippen molar-refractivity contribution in [3.8, 4) is 0 Å². The number of thiazole rings is 1. The number of allylic oxidation sites excluding steroid dienone is 1. The van der Waals surface area contributed by atoms with Gasteiger partial charge in [0.2, 0.25) is 0 Å². The third kappa shape index (κ3) is 1.74. The highest BCUT2D eigenvalue weighted by atomic mass is 32.1. The Kier molecular flexibility index (Phi) is 2.54. The van der Waals surface area contributed by atoms with Crippen molar-refractivity contribution in [2.45, 2.75) is 6.92 Å². The van der Waals surface area contributed by atoms with Gasteiger partial charge in [-0.05, 0) is 0 Å². The van der Waals surface area contributed by atoms with Crippen molar-refractivity contribution in [1.29, 1.82) is 0 Å². The summed E-state index contributed by atoms with van der Waals surface area (Å²) in [6, 6.07) is 0. The van der Waals surface area contributed by atoms with E-state index in [1.165, 1.54) is 11.3 Å². The number of carbonyl (C=O) groups excluding carboxylic acids is 1. The van der Waals surface area contributed by atoms with Gasteiger partial charge in [0.05, 0.1) is 0 Å². The Morgan fingerprint density at radius 2 is 2.64 bits per heavy atom. The van der Waals surface area contributed by atoms with E-state index in [0.29, 0.717) is 5.01 Å². The van der Waals surface area contributed by atoms with E-state index < -0.39 is 0 Å². The van der Waals surface area contributed by atoms with Crippen molar-refractivity contribution >= 4 is 17.1 Å². The molecule has 0 bridgehead atoms. The van der Waals surface area contributed by atoms with Crippen LogP contribution in [0.3, 0.4) is 0 Å². The van der Waals surface area contributed by atoms with Crippen LogP contribution in [0, 0.1) is 5.92 Å². The molecule has 1 rings (SSSR count). The minimum Gasteiger partial charge on any atom is -0.291 e. The summed E-state index contributed by atoms with van der Waals surface area (Å²) in [4.78, 5) is 15.2. The molecule has 0 aromatic carbocycles. The fourth-order valence-corrected chi connectivity index (χ4v) is 1.32. The maximum Gasteiger partial charge on any atom is 0.197 e. The third-order valence-electron chi connectivity index (χ3n) is 1.41. The second-order valence-electron chi connectivity index (χ2n) is 2.23. The van der Waals surface area contributed by atoms with Gasteiger partial charge in [-0.2, -0.15) is 0 Å². The SMILES string of the molecule is C=CC(C)C(=O)c1nccs1. The molecule has 1 aromatic heterocycles. The van der Waals surface area contributed by atoms with E-state index >= 15 is 0 Å². The van der Waals surface area contributed by atoms with E-state index in [4.69, 9.17) is 0 Å². The summed E-state index contributed by atoms with van der Waals surface area (Å²) >= 11 is 1.37. The molecule has 0 aliphatic heterocycles. The predicted octanol–water partition coefficient (Wildman–Crippen LogP) is 2.15. The smallest absolute Gasteiger partial charge is 0.197 e. The Morgan fingerprint density at radius 3 is 3.09 bits per heavy atom. The fraction of sp³-hybridized carbons (Fsp3) is 0.250. The molecular weight excluding hydrogens is 158 g/mol. The van der Waals surface area contributed by atoms with Crippen molar-refractivity contribution in [3.63, 3.8) is 0 Å². The minimum absolute atomic E-state index is 0.0509. The van der Waals surface area contributed by atoms with Crippen LogP contribution in [0.2, 0.25) is 0 Å². The van der Waals surface area contributed by atoms with E-state index in [9.17, 15) is 4.79 Å². The van der Waals surface area contributed by atoms with Gasteiger partial charge in [0.15, 0.2) is 10.8 Å². The molecule has 11 heavy (non-hydrogen) atoms. The molecule has 0 N–H and O–H groups in total. The number of carbonyl (C=O) groups is 1. The average Bonchev–Trinajstić information content (AvgIpc) is 2.53. The lowest BCUT2D eigenvalue weighted by Gasteiger charge is -1.98. The largest absolute Gasteiger partial charge is 0.291 e. The first kappa shape index (κ1) is 8.14. The number of rotatable bonds is 3. The number of Topliss-reactive ketones (excluding diaryl/α,β-unsaturated/α-hetero) is 1. The second kappa shape index (κ2) is 3.44. The van der Waals surface area contributed by atoms with Crippen LogP contribution in [0.4, 0.5) is 0 Å². The molecule has 1 heterocycles. The first-order valence-corrected chi connectivity index (χ1v) is 4.20. The molecule has 0 amide bonds. The van der Waals surface area contributed by atoms with Gasteiger partial charge >= 0.3 is 0 Å². The molecule has 0 radical (unpaired) electrons. The van der Waals surface area contributed by atoms with E-state index in [2.05, 4.69) is 11.6 Å². The second-order valence-corrected chi connectivity index (χ2v) is 3.12. The Bertz CT molecular complexity index is 253. The Morgan fingerprint density at radius 1 is 1.91 bits per heavy atom. The highest BCUT2D eigenvalue weighted by molar-refractivity contribution is 7.11. The Hall–Kier alpha value is -0.960. The molecule has 0 spiro atoms. The first-order valence-electron chi connectivity index (χ1n) is 3.32. The zero-order valence-electron chi connectivity index (χ0n) is 6.28. The summed E-state index contributed by atoms with van der Waals surface area (Å²) in [6.07, 6.45) is 3.26. The van der Waals surface area contributed by atoms with Crippen molar-refractivity contribution in [2.75, 3.05) is 0 Å². The van der Waals surface area contributed by atoms with Gasteiger partial charge in [-0.3, -0.25) is 4.79 Å². The molecule has 1 aromatic rings. The van der Waals surface area contributed by atoms with Crippen LogP contribution in [0.15, 0.2) is 24.2 Å². The Balaban J connectivity index is 2.78. The molecule has 58 valence electrons. The highest BCUT2D eigenvalue weighted by Gasteiger charge is 2.13. The zero-order valence-corrected chi connectivity index (χ0v) is 7.10. The molecule has 0 aliphatic rings. The highest BCUT2D eigenvalue weighted by Crippen LogP contribution is 2.11. The van der Waals surface area contributed by atoms with E-state index in [-0.39, 0.29) is 11.7 Å². The Labute approximate surface area is 69.6 Å². The molecule has 0 aliphatic carbocycles. The van der Waals surface area contributed by atoms with Crippen LogP contribution >= 0.6 is 11.3 Å². The van der Waals surface area contributed by atoms with Crippen LogP contribution in [-0.4, -0.2) is 10.8 Å². The normalized spacial score (nSPS) is 12.5. The maximum absolute atomic E-state index is 11.3. The lowest BCUT2D eigenvalue weighted by atomic mass is 10.1. The average molecular weight is 167 g/mol. The molecular formula is C8H9NOS. The number of hydrogen-bond acceptors (Lipinski definition) is 3. The van der Waals surface area contributed by atoms with Gasteiger partial charge in [-0.25, -0.2) is 4.98 Å². The van der Waals surface area contributed by atoms with Crippen molar-refractivity contribution < 1.29 is 4.79 Å². The molecule has 1 unspecified atom stereocenters. The van der Waals surface area contributed by atoms with Crippen LogP contribution in [-0.2, 0) is 0 Å². The lowest BCUT2D eigenvalue weighted by molar-refractivity contribution is 0.0953. The van der Waals surface area contributed by atoms with Gasteiger partial charge in [0, 0.05) is 17.5 Å². The van der Waals surface area contributed by atoms with Crippen LogP contribution < -0.4 is 0 Å². The topological polar surface area (TPSA) is 30.0 Å². The summed E-state index contributed by atoms with van der Waals surface area (Å²) in [6.45, 7) is 5.36. The third-order valence-corrected chi connectivity index (χ3v) is 2.20. The molecule has 0 saturated carbocycles. The van der Waals surface area contributed by atoms with Crippen molar-refractivity contribution in [1.82, 2.24) is 4.98 Å². The molecule has 0 fully saturated rings. The number of ketones is 1. The first-order chi connectivity index (χ1) is 5.25. The number of aromatic nitrogens is 1. The summed E-state index contributed by atoms with van der Waals surface area (Å²) < 4.78 is 0. The van der Waals surface area contributed by atoms with Gasteiger partial charge in [0.25, 0.3) is 0 Å². The van der Waals surface area contributed by atoms with Crippen LogP contribution in [0.1, 0.15) is 16.7 Å². The fourth-order valence-electron chi connectivity index (χ4n) is 0.647. The standard InChI is InChI=1S/C8H9NOS/c1-3-6(2)7(10)8-9-4-5-11-8/h3-6H,1H2,2H3. The van der Waals surface area contributed by atoms with E-state index in [0.717, 1.165) is 0 Å². The maximum atomic E-state index is 11.3. The lowest BCUT2D eigenvalue weighted by Crippen LogP contribution is -2.07. The van der Waals surface area contributed by atoms with Crippen molar-refractivity contribution in [2.24, 2.45) is 5.92 Å². The molecule has 0 saturated heterocycles. The summed E-state index contributed by atoms with van der Waals surface area (Å²) in [7, 11) is 0. The molecule has 2 nitrogen and oxygen atoms in total. The summed E-state index contributed by atoms with van der Waals surface area (Å²) in [5.41, 5.74) is 0. The van der Waals surface area contributed by atoms with E-state index in [1.807, 2.05) is 6.92 Å². The quantitative estimate of drug-likeness (QED) is 0.510. The van der Waals surface area contributed by atoms with E-state index in [1.54, 1.807) is 17.7 Å². The zero-order chi connectivity index (χ0) is 8.27. The van der Waals surface area contributed by atoms with Gasteiger partial charge in [-0.1, -0.05) is 13.0 Å². The molecule has 1 atom stereocenters. The predicted molar refractivity (Wildman–Crippen MR) is 45.8 cm³/mol. The van der Waals surface area contributed by atoms with Gasteiger partial charge < -0.3 is 0 Å². The van der Waals surface area contributed by atoms with Gasteiger partial charge in [-0.15, -0.1) is 17.9 Å². The molecule has 3 heteroatoms. The number of nitrogens with zero attached hydrogens (tertiary/aromatic N) is 1. The van der Waals surface area contributed by atoms with Gasteiger partial charge in [0.1, 0.15) is 0 Å². The summed E-state index contributed by atoms with van der Waals surface area (Å²) in [5, 5.41) is 2.36. The summed E-state index contributed by atoms with van der Waals surface area (Å²) in [5.74, 6) is -0.0730. The van der Waals surface area contributed by atoms with Crippen molar-refractivity contribution in [3.05, 3.63) is 29.2 Å². The van der Waals surface area contributed by atoms with Crippen LogP contribution in [0.25, 0.3) is 0 Å². The number of hydrogen-bond donors (Lipinski definition) is 0. The van der Waals surface area contributed by atoms with Crippen LogP contribution in [0.5, 0.6) is 0 Å². The minimum atomic E-state index is -0.124. The monoisotopic (exact) mass is 167 g/mol.